The van der Waals surface area contributed by atoms with E-state index >= 15 is 0 Å². The van der Waals surface area contributed by atoms with Gasteiger partial charge in [-0.2, -0.15) is 0 Å². The minimum atomic E-state index is -0.0623. The van der Waals surface area contributed by atoms with Gasteiger partial charge in [0.1, 0.15) is 51.0 Å². The van der Waals surface area contributed by atoms with Crippen LogP contribution < -0.4 is 43.1 Å². The standard InChI is InChI=1S/C66H52N6O4.2BrH/c1-3-71-59-25-21-51-33-55(59)56-34-52(22-26-60(56)71)64(74)48-15-7-44(8-16-48)38-68-30-32-70(42-68)40-46-11-19-50(20-12-46)66(76)54-24-28-62-58(36-54)57-35-53(23-27-61(57)72(62)4-2)65(75)49-17-9-45(10-18-49)39-69-31-29-67(41-69)37-43-5-13-47(14-6-43)63(51)73;;/h5-36,41-42H,3-4,37-40H2,1-2H3;2*1H/q+2;;/p-2. The van der Waals surface area contributed by atoms with Crippen molar-refractivity contribution in [3.63, 3.8) is 0 Å². The van der Waals surface area contributed by atoms with Crippen molar-refractivity contribution in [2.24, 2.45) is 0 Å². The number of hydrogen-bond acceptors (Lipinski definition) is 4. The van der Waals surface area contributed by atoms with Crippen LogP contribution in [0.5, 0.6) is 0 Å². The van der Waals surface area contributed by atoms with Gasteiger partial charge < -0.3 is 43.1 Å². The van der Waals surface area contributed by atoms with Crippen LogP contribution in [-0.4, -0.2) is 41.4 Å². The third kappa shape index (κ3) is 9.45. The van der Waals surface area contributed by atoms with Crippen LogP contribution in [0, 0.1) is 0 Å². The number of benzene rings is 8. The number of aryl methyl sites for hydroxylation is 2. The summed E-state index contributed by atoms with van der Waals surface area (Å²) in [5.41, 5.74) is 13.1. The van der Waals surface area contributed by atoms with Crippen LogP contribution in [-0.2, 0) is 39.3 Å². The van der Waals surface area contributed by atoms with Gasteiger partial charge in [-0.1, -0.05) is 97.1 Å². The zero-order valence-electron chi connectivity index (χ0n) is 42.9. The molecule has 384 valence electrons. The predicted octanol–water partition coefficient (Wildman–Crippen LogP) is 5.56. The zero-order chi connectivity index (χ0) is 51.6. The minimum Gasteiger partial charge on any atom is -1.00 e. The predicted molar refractivity (Wildman–Crippen MR) is 295 cm³/mol. The van der Waals surface area contributed by atoms with E-state index in [2.05, 4.69) is 53.9 Å². The van der Waals surface area contributed by atoms with E-state index in [-0.39, 0.29) is 57.1 Å². The van der Waals surface area contributed by atoms with Crippen LogP contribution in [0.2, 0.25) is 0 Å². The number of carbonyl (C=O) groups is 4. The van der Waals surface area contributed by atoms with Gasteiger partial charge in [-0.05, 0) is 109 Å². The molecule has 0 saturated heterocycles. The van der Waals surface area contributed by atoms with Crippen LogP contribution in [0.25, 0.3) is 43.6 Å². The average molecular weight is 1150 g/mol. The lowest BCUT2D eigenvalue weighted by atomic mass is 9.98. The molecule has 0 atom stereocenters. The Bertz CT molecular complexity index is 3770. The molecule has 0 amide bonds. The highest BCUT2D eigenvalue weighted by Gasteiger charge is 2.21. The van der Waals surface area contributed by atoms with Crippen molar-refractivity contribution in [1.82, 2.24) is 18.3 Å². The molecule has 0 fully saturated rings. The summed E-state index contributed by atoms with van der Waals surface area (Å²) in [5, 5.41) is 3.73. The van der Waals surface area contributed by atoms with Crippen LogP contribution in [0.15, 0.2) is 207 Å². The molecule has 0 saturated carbocycles. The Morgan fingerprint density at radius 2 is 0.603 bits per heavy atom. The van der Waals surface area contributed by atoms with Crippen molar-refractivity contribution in [2.75, 3.05) is 0 Å². The van der Waals surface area contributed by atoms with Gasteiger partial charge in [0.05, 0.1) is 0 Å². The first kappa shape index (κ1) is 51.5. The Morgan fingerprint density at radius 1 is 0.346 bits per heavy atom. The van der Waals surface area contributed by atoms with E-state index in [1.54, 1.807) is 0 Å². The lowest BCUT2D eigenvalue weighted by Gasteiger charge is -2.06. The molecule has 19 rings (SSSR count). The SMILES string of the molecule is CCn1c2ccc3cc2c2cc(ccc21)C(=O)c1ccc(cc1)Cn1cc[n+](c1)Cc1ccc(cc1)C(=O)c1ccc2c(c1)c1cc(ccc1n2CC)C(=O)c1ccc(cc1)C[n+]1ccn(c1)Cc1ccc(cc1)C3=O.[Br-].[Br-]. The number of carbonyl (C=O) groups excluding carboxylic acids is 4. The molecule has 12 heteroatoms. The first-order valence-corrected chi connectivity index (χ1v) is 25.9. The maximum absolute atomic E-state index is 14.1. The highest BCUT2D eigenvalue weighted by Crippen LogP contribution is 2.34. The van der Waals surface area contributed by atoms with Crippen molar-refractivity contribution in [3.8, 4) is 0 Å². The largest absolute Gasteiger partial charge is 1.00 e. The summed E-state index contributed by atoms with van der Waals surface area (Å²) in [6, 6.07) is 54.8. The number of nitrogens with zero attached hydrogens (tertiary/aromatic N) is 6. The second kappa shape index (κ2) is 21.1. The normalized spacial score (nSPS) is 13.1. The second-order valence-electron chi connectivity index (χ2n) is 20.0. The maximum atomic E-state index is 14.1. The zero-order valence-corrected chi connectivity index (χ0v) is 46.1. The molecule has 10 nitrogen and oxygen atoms in total. The Balaban J connectivity index is 0.00000323. The summed E-state index contributed by atoms with van der Waals surface area (Å²) in [6.45, 7) is 8.20. The highest BCUT2D eigenvalue weighted by atomic mass is 79.9. The summed E-state index contributed by atoms with van der Waals surface area (Å²) >= 11 is 0. The van der Waals surface area contributed by atoms with Crippen molar-refractivity contribution >= 4 is 66.7 Å². The molecular weight excluding hydrogens is 1100 g/mol. The number of ketones is 4. The summed E-state index contributed by atoms with van der Waals surface area (Å²) in [4.78, 5) is 56.3. The van der Waals surface area contributed by atoms with E-state index in [1.165, 1.54) is 0 Å². The van der Waals surface area contributed by atoms with Gasteiger partial charge >= 0.3 is 0 Å². The number of rotatable bonds is 2. The van der Waals surface area contributed by atoms with Gasteiger partial charge in [-0.15, -0.1) is 0 Å². The monoisotopic (exact) mass is 1150 g/mol. The lowest BCUT2D eigenvalue weighted by Crippen LogP contribution is -3.00. The van der Waals surface area contributed by atoms with Gasteiger partial charge in [-0.25, -0.2) is 18.3 Å². The molecule has 0 spiro atoms. The molecule has 0 N–H and O–H groups in total. The van der Waals surface area contributed by atoms with Crippen molar-refractivity contribution in [1.29, 1.82) is 0 Å². The molecule has 0 radical (unpaired) electrons. The van der Waals surface area contributed by atoms with Gasteiger partial charge in [0.2, 0.25) is 12.7 Å². The maximum Gasteiger partial charge on any atom is 0.244 e. The first-order chi connectivity index (χ1) is 37.1. The van der Waals surface area contributed by atoms with Crippen LogP contribution in [0.4, 0.5) is 0 Å². The Hall–Kier alpha value is -8.58. The number of halogens is 2. The van der Waals surface area contributed by atoms with Gasteiger partial charge in [0.25, 0.3) is 0 Å². The number of hydrogen-bond donors (Lipinski definition) is 0. The Kier molecular flexibility index (Phi) is 13.9. The quantitative estimate of drug-likeness (QED) is 0.212. The fourth-order valence-electron chi connectivity index (χ4n) is 11.3. The van der Waals surface area contributed by atoms with E-state index in [0.717, 1.165) is 79.0 Å². The molecular formula is C66H52Br2N6O4. The highest BCUT2D eigenvalue weighted by molar-refractivity contribution is 6.19. The molecule has 11 heterocycles. The minimum absolute atomic E-state index is 0. The molecule has 20 bridgehead atoms. The number of imidazole rings is 2. The van der Waals surface area contributed by atoms with Crippen molar-refractivity contribution in [2.45, 2.75) is 53.1 Å². The summed E-state index contributed by atoms with van der Waals surface area (Å²) < 4.78 is 12.9. The molecule has 0 unspecified atom stereocenters. The van der Waals surface area contributed by atoms with E-state index in [4.69, 9.17) is 0 Å². The average Bonchev–Trinajstić information content (AvgIpc) is 4.44. The van der Waals surface area contributed by atoms with Gasteiger partial charge in [-0.3, -0.25) is 19.2 Å². The van der Waals surface area contributed by atoms with Gasteiger partial charge in [0.15, 0.2) is 23.1 Å². The van der Waals surface area contributed by atoms with Crippen molar-refractivity contribution < 1.29 is 62.3 Å². The van der Waals surface area contributed by atoms with E-state index < -0.39 is 0 Å². The summed E-state index contributed by atoms with van der Waals surface area (Å²) in [7, 11) is 0. The van der Waals surface area contributed by atoms with Crippen LogP contribution in [0.3, 0.4) is 0 Å². The van der Waals surface area contributed by atoms with Crippen molar-refractivity contribution in [3.05, 3.63) is 274 Å². The van der Waals surface area contributed by atoms with Crippen LogP contribution in [0.1, 0.15) is 99.8 Å². The summed E-state index contributed by atoms with van der Waals surface area (Å²) in [5.74, 6) is -0.249. The fraction of sp³-hybridized carbons (Fsp3) is 0.121. The second-order valence-corrected chi connectivity index (χ2v) is 20.0. The van der Waals surface area contributed by atoms with Crippen LogP contribution >= 0.6 is 0 Å². The molecule has 0 aliphatic carbocycles. The third-order valence-corrected chi connectivity index (χ3v) is 15.2. The smallest absolute Gasteiger partial charge is 0.244 e. The molecule has 4 aromatic heterocycles. The third-order valence-electron chi connectivity index (χ3n) is 15.2. The topological polar surface area (TPSA) is 95.8 Å². The van der Waals surface area contributed by atoms with E-state index in [0.29, 0.717) is 70.7 Å². The molecule has 7 aliphatic rings. The van der Waals surface area contributed by atoms with E-state index in [1.807, 2.05) is 195 Å². The number of aromatic nitrogens is 6. The first-order valence-electron chi connectivity index (χ1n) is 25.9. The Labute approximate surface area is 471 Å². The molecule has 78 heavy (non-hydrogen) atoms. The van der Waals surface area contributed by atoms with Gasteiger partial charge in [0, 0.05) is 101 Å². The summed E-state index contributed by atoms with van der Waals surface area (Å²) in [6.07, 6.45) is 12.3. The fourth-order valence-corrected chi connectivity index (χ4v) is 11.3. The molecule has 12 aromatic rings. The van der Waals surface area contributed by atoms with E-state index in [9.17, 15) is 19.2 Å². The Morgan fingerprint density at radius 3 is 0.872 bits per heavy atom. The lowest BCUT2D eigenvalue weighted by molar-refractivity contribution is -0.688. The molecule has 8 aromatic carbocycles. The molecule has 7 aliphatic heterocycles.